The first-order valence-electron chi connectivity index (χ1n) is 5.98. The van der Waals surface area contributed by atoms with Gasteiger partial charge in [0.25, 0.3) is 0 Å². The van der Waals surface area contributed by atoms with E-state index in [1.54, 1.807) is 0 Å². The van der Waals surface area contributed by atoms with E-state index in [4.69, 9.17) is 0 Å². The molecule has 0 radical (unpaired) electrons. The van der Waals surface area contributed by atoms with Crippen LogP contribution in [0, 0.1) is 12.3 Å². The molecule has 1 aliphatic heterocycles. The van der Waals surface area contributed by atoms with Gasteiger partial charge in [-0.1, -0.05) is 24.7 Å². The van der Waals surface area contributed by atoms with Crippen LogP contribution in [0.5, 0.6) is 0 Å². The summed E-state index contributed by atoms with van der Waals surface area (Å²) in [7, 11) is 0. The van der Waals surface area contributed by atoms with Crippen molar-refractivity contribution in [3.63, 3.8) is 0 Å². The third kappa shape index (κ3) is 2.63. The van der Waals surface area contributed by atoms with Gasteiger partial charge in [-0.15, -0.1) is 10.2 Å². The van der Waals surface area contributed by atoms with E-state index in [2.05, 4.69) is 27.8 Å². The average Bonchev–Trinajstić information content (AvgIpc) is 2.89. The van der Waals surface area contributed by atoms with Gasteiger partial charge in [0.05, 0.1) is 5.41 Å². The second-order valence-electron chi connectivity index (χ2n) is 4.54. The topological polar surface area (TPSA) is 66.9 Å². The lowest BCUT2D eigenvalue weighted by atomic mass is 9.81. The molecule has 2 N–H and O–H groups in total. The fourth-order valence-electron chi connectivity index (χ4n) is 2.32. The Kier molecular flexibility index (Phi) is 3.73. The van der Waals surface area contributed by atoms with Crippen molar-refractivity contribution in [2.45, 2.75) is 33.1 Å². The third-order valence-electron chi connectivity index (χ3n) is 3.20. The molecule has 2 heterocycles. The van der Waals surface area contributed by atoms with E-state index in [9.17, 15) is 4.79 Å². The molecule has 1 aliphatic rings. The summed E-state index contributed by atoms with van der Waals surface area (Å²) in [5.74, 6) is 0.0838. The van der Waals surface area contributed by atoms with Gasteiger partial charge >= 0.3 is 0 Å². The van der Waals surface area contributed by atoms with Crippen LogP contribution in [0.25, 0.3) is 0 Å². The minimum atomic E-state index is -0.256. The zero-order chi connectivity index (χ0) is 12.3. The van der Waals surface area contributed by atoms with Crippen LogP contribution < -0.4 is 10.6 Å². The maximum Gasteiger partial charge on any atom is 0.233 e. The fourth-order valence-corrected chi connectivity index (χ4v) is 2.91. The highest BCUT2D eigenvalue weighted by atomic mass is 32.1. The van der Waals surface area contributed by atoms with Crippen LogP contribution >= 0.6 is 11.3 Å². The Morgan fingerprint density at radius 3 is 2.94 bits per heavy atom. The fraction of sp³-hybridized carbons (Fsp3) is 0.727. The Hall–Kier alpha value is -1.01. The molecule has 1 aromatic rings. The Bertz CT molecular complexity index is 398. The summed E-state index contributed by atoms with van der Waals surface area (Å²) in [5.41, 5.74) is -0.256. The largest absolute Gasteiger partial charge is 0.316 e. The van der Waals surface area contributed by atoms with Crippen molar-refractivity contribution in [3.8, 4) is 0 Å². The molecule has 1 atom stereocenters. The van der Waals surface area contributed by atoms with Crippen LogP contribution in [0.3, 0.4) is 0 Å². The normalized spacial score (nSPS) is 23.9. The number of carbonyl (C=O) groups is 1. The number of aryl methyl sites for hydroxylation is 1. The maximum absolute atomic E-state index is 12.3. The lowest BCUT2D eigenvalue weighted by Crippen LogP contribution is -2.38. The molecule has 0 aliphatic carbocycles. The molecule has 5 nitrogen and oxygen atoms in total. The molecule has 1 saturated heterocycles. The van der Waals surface area contributed by atoms with Crippen LogP contribution in [-0.2, 0) is 4.79 Å². The first-order valence-corrected chi connectivity index (χ1v) is 6.80. The highest BCUT2D eigenvalue weighted by Gasteiger charge is 2.40. The SMILES string of the molecule is CCCC1(C(=O)Nc2nnc(C)s2)CCNC1. The molecule has 17 heavy (non-hydrogen) atoms. The summed E-state index contributed by atoms with van der Waals surface area (Å²) < 4.78 is 0. The van der Waals surface area contributed by atoms with E-state index in [0.717, 1.165) is 37.4 Å². The summed E-state index contributed by atoms with van der Waals surface area (Å²) in [5, 5.41) is 15.5. The number of amides is 1. The number of anilines is 1. The Labute approximate surface area is 105 Å². The zero-order valence-electron chi connectivity index (χ0n) is 10.2. The van der Waals surface area contributed by atoms with E-state index in [-0.39, 0.29) is 11.3 Å². The third-order valence-corrected chi connectivity index (χ3v) is 3.95. The summed E-state index contributed by atoms with van der Waals surface area (Å²) >= 11 is 1.42. The Morgan fingerprint density at radius 2 is 2.41 bits per heavy atom. The molecule has 6 heteroatoms. The molecule has 0 saturated carbocycles. The minimum Gasteiger partial charge on any atom is -0.316 e. The van der Waals surface area contributed by atoms with Gasteiger partial charge in [-0.25, -0.2) is 0 Å². The van der Waals surface area contributed by atoms with E-state index in [1.807, 2.05) is 6.92 Å². The highest BCUT2D eigenvalue weighted by molar-refractivity contribution is 7.15. The monoisotopic (exact) mass is 254 g/mol. The van der Waals surface area contributed by atoms with Crippen LogP contribution in [0.1, 0.15) is 31.2 Å². The molecular weight excluding hydrogens is 236 g/mol. The van der Waals surface area contributed by atoms with Crippen LogP contribution in [0.2, 0.25) is 0 Å². The van der Waals surface area contributed by atoms with Gasteiger partial charge in [0.1, 0.15) is 5.01 Å². The lowest BCUT2D eigenvalue weighted by Gasteiger charge is -2.25. The first kappa shape index (κ1) is 12.4. The van der Waals surface area contributed by atoms with Crippen LogP contribution in [0.4, 0.5) is 5.13 Å². The van der Waals surface area contributed by atoms with Gasteiger partial charge in [-0.05, 0) is 26.3 Å². The zero-order valence-corrected chi connectivity index (χ0v) is 11.1. The molecule has 1 aromatic heterocycles. The molecule has 1 unspecified atom stereocenters. The minimum absolute atomic E-state index is 0.0838. The van der Waals surface area contributed by atoms with Gasteiger partial charge in [0.15, 0.2) is 0 Å². The molecule has 1 fully saturated rings. The molecule has 94 valence electrons. The number of rotatable bonds is 4. The quantitative estimate of drug-likeness (QED) is 0.856. The van der Waals surface area contributed by atoms with Gasteiger partial charge in [0, 0.05) is 6.54 Å². The van der Waals surface area contributed by atoms with Gasteiger partial charge in [-0.3, -0.25) is 10.1 Å². The molecule has 1 amide bonds. The number of hydrogen-bond acceptors (Lipinski definition) is 5. The molecular formula is C11H18N4OS. The van der Waals surface area contributed by atoms with Crippen molar-refractivity contribution in [2.75, 3.05) is 18.4 Å². The van der Waals surface area contributed by atoms with Crippen molar-refractivity contribution in [3.05, 3.63) is 5.01 Å². The van der Waals surface area contributed by atoms with Crippen molar-refractivity contribution in [2.24, 2.45) is 5.41 Å². The summed E-state index contributed by atoms with van der Waals surface area (Å²) in [6.07, 6.45) is 2.85. The second-order valence-corrected chi connectivity index (χ2v) is 5.72. The molecule has 2 rings (SSSR count). The Morgan fingerprint density at radius 1 is 1.59 bits per heavy atom. The number of nitrogens with zero attached hydrogens (tertiary/aromatic N) is 2. The average molecular weight is 254 g/mol. The predicted molar refractivity (Wildman–Crippen MR) is 68.1 cm³/mol. The van der Waals surface area contributed by atoms with Crippen LogP contribution in [-0.4, -0.2) is 29.2 Å². The Balaban J connectivity index is 2.06. The highest BCUT2D eigenvalue weighted by Crippen LogP contribution is 2.32. The van der Waals surface area contributed by atoms with Crippen LogP contribution in [0.15, 0.2) is 0 Å². The second kappa shape index (κ2) is 5.10. The maximum atomic E-state index is 12.3. The van der Waals surface area contributed by atoms with E-state index in [1.165, 1.54) is 11.3 Å². The van der Waals surface area contributed by atoms with Crippen molar-refractivity contribution < 1.29 is 4.79 Å². The summed E-state index contributed by atoms with van der Waals surface area (Å²) in [6.45, 7) is 5.68. The molecule has 0 spiro atoms. The smallest absolute Gasteiger partial charge is 0.233 e. The number of nitrogens with one attached hydrogen (secondary N) is 2. The van der Waals surface area contributed by atoms with Crippen molar-refractivity contribution in [1.82, 2.24) is 15.5 Å². The van der Waals surface area contributed by atoms with E-state index >= 15 is 0 Å². The van der Waals surface area contributed by atoms with Crippen molar-refractivity contribution >= 4 is 22.4 Å². The molecule has 0 bridgehead atoms. The number of hydrogen-bond donors (Lipinski definition) is 2. The van der Waals surface area contributed by atoms with E-state index < -0.39 is 0 Å². The number of aromatic nitrogens is 2. The van der Waals surface area contributed by atoms with Crippen molar-refractivity contribution in [1.29, 1.82) is 0 Å². The summed E-state index contributed by atoms with van der Waals surface area (Å²) in [4.78, 5) is 12.3. The van der Waals surface area contributed by atoms with Gasteiger partial charge in [0.2, 0.25) is 11.0 Å². The standard InChI is InChI=1S/C11H18N4OS/c1-3-4-11(5-6-12-7-11)9(16)13-10-15-14-8(2)17-10/h12H,3-7H2,1-2H3,(H,13,15,16). The molecule has 0 aromatic carbocycles. The van der Waals surface area contributed by atoms with Gasteiger partial charge < -0.3 is 5.32 Å². The van der Waals surface area contributed by atoms with Gasteiger partial charge in [-0.2, -0.15) is 0 Å². The lowest BCUT2D eigenvalue weighted by molar-refractivity contribution is -0.125. The predicted octanol–water partition coefficient (Wildman–Crippen LogP) is 1.56. The van der Waals surface area contributed by atoms with E-state index in [0.29, 0.717) is 5.13 Å². The number of carbonyl (C=O) groups excluding carboxylic acids is 1. The summed E-state index contributed by atoms with van der Waals surface area (Å²) in [6, 6.07) is 0. The first-order chi connectivity index (χ1) is 8.16.